The van der Waals surface area contributed by atoms with E-state index in [-0.39, 0.29) is 34.1 Å². The zero-order chi connectivity index (χ0) is 27.6. The summed E-state index contributed by atoms with van der Waals surface area (Å²) >= 11 is 6.33. The number of halogens is 1. The van der Waals surface area contributed by atoms with Gasteiger partial charge in [-0.25, -0.2) is 4.79 Å². The minimum absolute atomic E-state index is 0.121. The van der Waals surface area contributed by atoms with Crippen LogP contribution in [-0.4, -0.2) is 43.6 Å². The van der Waals surface area contributed by atoms with E-state index in [9.17, 15) is 19.5 Å². The summed E-state index contributed by atoms with van der Waals surface area (Å²) in [6.07, 6.45) is 0. The normalized spacial score (nSPS) is 16.4. The molecule has 0 bridgehead atoms. The van der Waals surface area contributed by atoms with Gasteiger partial charge in [0.15, 0.2) is 0 Å². The average Bonchev–Trinajstić information content (AvgIpc) is 3.18. The molecule has 1 aliphatic heterocycles. The number of rotatable bonds is 7. The van der Waals surface area contributed by atoms with Gasteiger partial charge in [0.05, 0.1) is 48.6 Å². The van der Waals surface area contributed by atoms with Crippen molar-refractivity contribution < 1.29 is 33.7 Å². The van der Waals surface area contributed by atoms with Crippen molar-refractivity contribution in [2.45, 2.75) is 19.9 Å². The number of methoxy groups -OCH3 is 2. The first kappa shape index (κ1) is 26.8. The third-order valence-electron chi connectivity index (χ3n) is 6.29. The fourth-order valence-electron chi connectivity index (χ4n) is 4.47. The first-order valence-corrected chi connectivity index (χ1v) is 12.2. The molecule has 1 saturated heterocycles. The van der Waals surface area contributed by atoms with Gasteiger partial charge >= 0.3 is 5.97 Å². The highest BCUT2D eigenvalue weighted by Crippen LogP contribution is 2.45. The number of hydrogen-bond donors (Lipinski definition) is 1. The Labute approximate surface area is 225 Å². The fourth-order valence-corrected chi connectivity index (χ4v) is 4.71. The molecule has 1 aliphatic rings. The van der Waals surface area contributed by atoms with E-state index in [0.717, 1.165) is 5.56 Å². The standard InChI is InChI=1S/C29H26ClNO7/c1-5-38-29(35)17-10-8-11-18(13-17)31-25(19-12-7-6-9-16(19)2)24(27(33)28(31)34)26(32)20-14-21(30)23(37-4)15-22(20)36-3/h6-15,25,32H,5H2,1-4H3/b26-24+. The second-order valence-electron chi connectivity index (χ2n) is 8.48. The smallest absolute Gasteiger partial charge is 0.338 e. The summed E-state index contributed by atoms with van der Waals surface area (Å²) in [4.78, 5) is 40.7. The second-order valence-corrected chi connectivity index (χ2v) is 8.89. The molecule has 1 N–H and O–H groups in total. The highest BCUT2D eigenvalue weighted by atomic mass is 35.5. The summed E-state index contributed by atoms with van der Waals surface area (Å²) in [5.41, 5.74) is 1.90. The SMILES string of the molecule is CCOC(=O)c1cccc(N2C(=O)C(=O)/C(=C(/O)c3cc(Cl)c(OC)cc3OC)C2c2ccccc2C)c1. The van der Waals surface area contributed by atoms with Gasteiger partial charge in [0, 0.05) is 11.8 Å². The van der Waals surface area contributed by atoms with Gasteiger partial charge in [-0.15, -0.1) is 0 Å². The Morgan fingerprint density at radius 3 is 2.37 bits per heavy atom. The number of esters is 1. The lowest BCUT2D eigenvalue weighted by atomic mass is 9.92. The number of ketones is 1. The minimum Gasteiger partial charge on any atom is -0.507 e. The zero-order valence-corrected chi connectivity index (χ0v) is 22.0. The lowest BCUT2D eigenvalue weighted by Gasteiger charge is -2.27. The molecule has 3 aromatic rings. The molecule has 0 radical (unpaired) electrons. The van der Waals surface area contributed by atoms with E-state index in [1.165, 1.54) is 37.3 Å². The van der Waals surface area contributed by atoms with E-state index in [0.29, 0.717) is 17.0 Å². The molecule has 196 valence electrons. The molecule has 1 unspecified atom stereocenters. The van der Waals surface area contributed by atoms with Gasteiger partial charge in [0.25, 0.3) is 11.7 Å². The number of aryl methyl sites for hydroxylation is 1. The molecule has 0 spiro atoms. The molecule has 0 aliphatic carbocycles. The minimum atomic E-state index is -1.00. The predicted molar refractivity (Wildman–Crippen MR) is 143 cm³/mol. The lowest BCUT2D eigenvalue weighted by molar-refractivity contribution is -0.132. The van der Waals surface area contributed by atoms with Crippen molar-refractivity contribution in [2.24, 2.45) is 0 Å². The molecule has 3 aromatic carbocycles. The second kappa shape index (κ2) is 11.0. The molecule has 0 saturated carbocycles. The maximum Gasteiger partial charge on any atom is 0.338 e. The molecular weight excluding hydrogens is 510 g/mol. The number of aliphatic hydroxyl groups is 1. The number of aliphatic hydroxyl groups excluding tert-OH is 1. The van der Waals surface area contributed by atoms with Crippen LogP contribution in [0.25, 0.3) is 5.76 Å². The number of carbonyl (C=O) groups is 3. The van der Waals surface area contributed by atoms with Crippen molar-refractivity contribution in [1.82, 2.24) is 0 Å². The van der Waals surface area contributed by atoms with Gasteiger partial charge < -0.3 is 19.3 Å². The van der Waals surface area contributed by atoms with E-state index in [2.05, 4.69) is 0 Å². The van der Waals surface area contributed by atoms with Gasteiger partial charge in [-0.3, -0.25) is 14.5 Å². The number of ether oxygens (including phenoxy) is 3. The van der Waals surface area contributed by atoms with Crippen molar-refractivity contribution in [2.75, 3.05) is 25.7 Å². The van der Waals surface area contributed by atoms with Crippen molar-refractivity contribution >= 4 is 40.7 Å². The Morgan fingerprint density at radius 1 is 1.00 bits per heavy atom. The largest absolute Gasteiger partial charge is 0.507 e. The Bertz CT molecular complexity index is 1460. The number of amides is 1. The Hall–Kier alpha value is -4.30. The summed E-state index contributed by atoms with van der Waals surface area (Å²) in [7, 11) is 2.84. The molecule has 1 heterocycles. The van der Waals surface area contributed by atoms with E-state index >= 15 is 0 Å². The number of nitrogens with zero attached hydrogens (tertiary/aromatic N) is 1. The third-order valence-corrected chi connectivity index (χ3v) is 6.59. The summed E-state index contributed by atoms with van der Waals surface area (Å²) in [6, 6.07) is 15.4. The Balaban J connectivity index is 1.98. The number of hydrogen-bond acceptors (Lipinski definition) is 7. The molecule has 0 aromatic heterocycles. The van der Waals surface area contributed by atoms with Crippen molar-refractivity contribution in [3.63, 3.8) is 0 Å². The molecule has 9 heteroatoms. The quantitative estimate of drug-likeness (QED) is 0.185. The van der Waals surface area contributed by atoms with Crippen molar-refractivity contribution in [3.05, 3.63) is 93.5 Å². The molecule has 4 rings (SSSR count). The zero-order valence-electron chi connectivity index (χ0n) is 21.3. The van der Waals surface area contributed by atoms with E-state index in [4.69, 9.17) is 25.8 Å². The third kappa shape index (κ3) is 4.70. The summed E-state index contributed by atoms with van der Waals surface area (Å²) in [5.74, 6) is -2.27. The van der Waals surface area contributed by atoms with Crippen LogP contribution in [0.5, 0.6) is 11.5 Å². The molecular formula is C29H26ClNO7. The topological polar surface area (TPSA) is 102 Å². The van der Waals surface area contributed by atoms with E-state index in [1.807, 2.05) is 19.1 Å². The summed E-state index contributed by atoms with van der Waals surface area (Å²) < 4.78 is 15.8. The maximum atomic E-state index is 13.5. The van der Waals surface area contributed by atoms with Crippen molar-refractivity contribution in [1.29, 1.82) is 0 Å². The highest BCUT2D eigenvalue weighted by molar-refractivity contribution is 6.51. The van der Waals surface area contributed by atoms with Crippen LogP contribution in [0, 0.1) is 6.92 Å². The average molecular weight is 536 g/mol. The van der Waals surface area contributed by atoms with E-state index in [1.54, 1.807) is 37.3 Å². The van der Waals surface area contributed by atoms with Crippen LogP contribution in [0.3, 0.4) is 0 Å². The Kier molecular flexibility index (Phi) is 7.73. The van der Waals surface area contributed by atoms with Crippen LogP contribution in [0.2, 0.25) is 5.02 Å². The van der Waals surface area contributed by atoms with Gasteiger partial charge in [0.1, 0.15) is 17.3 Å². The number of carbonyl (C=O) groups excluding carboxylic acids is 3. The van der Waals surface area contributed by atoms with Crippen LogP contribution in [0.15, 0.2) is 66.2 Å². The van der Waals surface area contributed by atoms with Gasteiger partial charge in [-0.2, -0.15) is 0 Å². The monoisotopic (exact) mass is 535 g/mol. The summed E-state index contributed by atoms with van der Waals surface area (Å²) in [6.45, 7) is 3.72. The van der Waals surface area contributed by atoms with Crippen LogP contribution in [0.4, 0.5) is 5.69 Å². The number of benzene rings is 3. The first-order valence-electron chi connectivity index (χ1n) is 11.8. The van der Waals surface area contributed by atoms with Crippen LogP contribution >= 0.6 is 11.6 Å². The van der Waals surface area contributed by atoms with Gasteiger partial charge in [0.2, 0.25) is 0 Å². The number of anilines is 1. The predicted octanol–water partition coefficient (Wildman–Crippen LogP) is 5.47. The molecule has 38 heavy (non-hydrogen) atoms. The number of Topliss-reactive ketones (excluding diaryl/α,β-unsaturated/α-hetero) is 1. The van der Waals surface area contributed by atoms with Crippen LogP contribution in [-0.2, 0) is 14.3 Å². The van der Waals surface area contributed by atoms with Crippen LogP contribution < -0.4 is 14.4 Å². The first-order chi connectivity index (χ1) is 18.2. The molecule has 1 amide bonds. The van der Waals surface area contributed by atoms with Crippen molar-refractivity contribution in [3.8, 4) is 11.5 Å². The lowest BCUT2D eigenvalue weighted by Crippen LogP contribution is -2.30. The van der Waals surface area contributed by atoms with Gasteiger partial charge in [-0.1, -0.05) is 41.9 Å². The summed E-state index contributed by atoms with van der Waals surface area (Å²) in [5, 5.41) is 11.7. The van der Waals surface area contributed by atoms with E-state index < -0.39 is 29.5 Å². The molecule has 1 fully saturated rings. The molecule has 8 nitrogen and oxygen atoms in total. The van der Waals surface area contributed by atoms with Crippen LogP contribution in [0.1, 0.15) is 40.0 Å². The molecule has 1 atom stereocenters. The maximum absolute atomic E-state index is 13.5. The fraction of sp³-hybridized carbons (Fsp3) is 0.207. The Morgan fingerprint density at radius 2 is 1.71 bits per heavy atom. The highest BCUT2D eigenvalue weighted by Gasteiger charge is 2.47. The van der Waals surface area contributed by atoms with Gasteiger partial charge in [-0.05, 0) is 49.2 Å².